The van der Waals surface area contributed by atoms with Crippen molar-refractivity contribution in [1.29, 1.82) is 0 Å². The Morgan fingerprint density at radius 2 is 2.27 bits per heavy atom. The molecule has 0 spiro atoms. The fourth-order valence-electron chi connectivity index (χ4n) is 1.16. The van der Waals surface area contributed by atoms with Crippen LogP contribution in [0.25, 0.3) is 0 Å². The lowest BCUT2D eigenvalue weighted by Crippen LogP contribution is -2.19. The van der Waals surface area contributed by atoms with Crippen molar-refractivity contribution in [3.8, 4) is 5.75 Å². The lowest BCUT2D eigenvalue weighted by atomic mass is 10.1. The van der Waals surface area contributed by atoms with Crippen LogP contribution >= 0.6 is 0 Å². The molecule has 0 aliphatic heterocycles. The fourth-order valence-corrected chi connectivity index (χ4v) is 1.16. The number of hydrogen-bond acceptors (Lipinski definition) is 5. The predicted molar refractivity (Wildman–Crippen MR) is 53.0 cm³/mol. The number of nitrogens with zero attached hydrogens (tertiary/aromatic N) is 1. The number of Topliss-reactive ketones (excluding diaryl/α,β-unsaturated/α-hetero) is 1. The molecule has 0 fully saturated rings. The number of nitro groups is 1. The number of ketones is 1. The van der Waals surface area contributed by atoms with Gasteiger partial charge >= 0.3 is 0 Å². The Morgan fingerprint density at radius 3 is 2.80 bits per heavy atom. The van der Waals surface area contributed by atoms with Gasteiger partial charge in [-0.05, 0) is 19.2 Å². The number of nitro benzene ring substituents is 1. The molecule has 1 aromatic carbocycles. The summed E-state index contributed by atoms with van der Waals surface area (Å²) in [5.74, 6) is -0.597. The van der Waals surface area contributed by atoms with E-state index in [9.17, 15) is 14.9 Å². The molecule has 1 rings (SSSR count). The predicted octanol–water partition coefficient (Wildman–Crippen LogP) is 0.703. The normalized spacial score (nSPS) is 9.93. The SMILES string of the molecule is CNCC(=O)c1cc(O)ccc1[N+](=O)[O-]. The number of phenolic OH excluding ortho intramolecular Hbond substituents is 1. The van der Waals surface area contributed by atoms with Crippen LogP contribution in [0.15, 0.2) is 18.2 Å². The molecule has 6 nitrogen and oxygen atoms in total. The summed E-state index contributed by atoms with van der Waals surface area (Å²) >= 11 is 0. The van der Waals surface area contributed by atoms with Crippen LogP contribution < -0.4 is 5.32 Å². The summed E-state index contributed by atoms with van der Waals surface area (Å²) in [4.78, 5) is 21.4. The van der Waals surface area contributed by atoms with Crippen molar-refractivity contribution >= 4 is 11.5 Å². The van der Waals surface area contributed by atoms with Crippen LogP contribution in [0.4, 0.5) is 5.69 Å². The van der Waals surface area contributed by atoms with Crippen molar-refractivity contribution in [2.75, 3.05) is 13.6 Å². The van der Waals surface area contributed by atoms with E-state index < -0.39 is 10.7 Å². The zero-order chi connectivity index (χ0) is 11.4. The highest BCUT2D eigenvalue weighted by molar-refractivity contribution is 6.01. The molecule has 0 unspecified atom stereocenters. The third-order valence-electron chi connectivity index (χ3n) is 1.81. The van der Waals surface area contributed by atoms with Gasteiger partial charge in [0, 0.05) is 6.07 Å². The first-order chi connectivity index (χ1) is 7.06. The van der Waals surface area contributed by atoms with E-state index in [4.69, 9.17) is 5.11 Å². The quantitative estimate of drug-likeness (QED) is 0.433. The van der Waals surface area contributed by atoms with Crippen LogP contribution in [0, 0.1) is 10.1 Å². The first kappa shape index (κ1) is 11.1. The third-order valence-corrected chi connectivity index (χ3v) is 1.81. The molecule has 1 aromatic rings. The van der Waals surface area contributed by atoms with Crippen LogP contribution in [-0.4, -0.2) is 29.4 Å². The maximum absolute atomic E-state index is 11.4. The van der Waals surface area contributed by atoms with Gasteiger partial charge in [0.25, 0.3) is 5.69 Å². The lowest BCUT2D eigenvalue weighted by molar-refractivity contribution is -0.385. The summed E-state index contributed by atoms with van der Waals surface area (Å²) in [5.41, 5.74) is -0.387. The number of likely N-dealkylation sites (N-methyl/N-ethyl adjacent to an activating group) is 1. The Kier molecular flexibility index (Phi) is 3.35. The van der Waals surface area contributed by atoms with Crippen molar-refractivity contribution in [3.63, 3.8) is 0 Å². The van der Waals surface area contributed by atoms with Crippen LogP contribution in [0.1, 0.15) is 10.4 Å². The molecule has 0 heterocycles. The maximum Gasteiger partial charge on any atom is 0.280 e. The fraction of sp³-hybridized carbons (Fsp3) is 0.222. The highest BCUT2D eigenvalue weighted by atomic mass is 16.6. The van der Waals surface area contributed by atoms with Gasteiger partial charge in [0.1, 0.15) is 11.3 Å². The zero-order valence-electron chi connectivity index (χ0n) is 8.06. The van der Waals surface area contributed by atoms with Gasteiger partial charge < -0.3 is 10.4 Å². The van der Waals surface area contributed by atoms with Gasteiger partial charge in [-0.25, -0.2) is 0 Å². The molecule has 0 saturated carbocycles. The Morgan fingerprint density at radius 1 is 1.60 bits per heavy atom. The number of nitrogens with one attached hydrogen (secondary N) is 1. The van der Waals surface area contributed by atoms with Gasteiger partial charge in [0.15, 0.2) is 5.78 Å². The van der Waals surface area contributed by atoms with Crippen LogP contribution in [0.2, 0.25) is 0 Å². The Hall–Kier alpha value is -1.95. The van der Waals surface area contributed by atoms with Gasteiger partial charge in [0.05, 0.1) is 11.5 Å². The van der Waals surface area contributed by atoms with Crippen molar-refractivity contribution in [2.45, 2.75) is 0 Å². The molecule has 0 radical (unpaired) electrons. The van der Waals surface area contributed by atoms with Crippen molar-refractivity contribution in [2.24, 2.45) is 0 Å². The molecule has 0 bridgehead atoms. The summed E-state index contributed by atoms with van der Waals surface area (Å²) in [6.07, 6.45) is 0. The van der Waals surface area contributed by atoms with E-state index in [2.05, 4.69) is 5.32 Å². The summed E-state index contributed by atoms with van der Waals surface area (Å²) in [5, 5.41) is 22.3. The Balaban J connectivity index is 3.18. The van der Waals surface area contributed by atoms with E-state index in [1.807, 2.05) is 0 Å². The average Bonchev–Trinajstić information content (AvgIpc) is 2.17. The van der Waals surface area contributed by atoms with E-state index in [1.54, 1.807) is 7.05 Å². The second kappa shape index (κ2) is 4.52. The number of rotatable bonds is 4. The second-order valence-corrected chi connectivity index (χ2v) is 2.91. The number of hydrogen-bond donors (Lipinski definition) is 2. The number of carbonyl (C=O) groups excluding carboxylic acids is 1. The molecule has 0 amide bonds. The Bertz CT molecular complexity index is 403. The first-order valence-electron chi connectivity index (χ1n) is 4.21. The van der Waals surface area contributed by atoms with Crippen molar-refractivity contribution < 1.29 is 14.8 Å². The zero-order valence-corrected chi connectivity index (χ0v) is 8.06. The minimum Gasteiger partial charge on any atom is -0.508 e. The maximum atomic E-state index is 11.4. The van der Waals surface area contributed by atoms with Gasteiger partial charge in [0.2, 0.25) is 0 Å². The molecule has 0 aliphatic rings. The standard InChI is InChI=1S/C9H10N2O4/c1-10-5-9(13)7-4-6(12)2-3-8(7)11(14)15/h2-4,10,12H,5H2,1H3. The van der Waals surface area contributed by atoms with Gasteiger partial charge in [-0.3, -0.25) is 14.9 Å². The number of carbonyl (C=O) groups is 1. The molecule has 0 aromatic heterocycles. The van der Waals surface area contributed by atoms with Crippen LogP contribution in [0.3, 0.4) is 0 Å². The summed E-state index contributed by atoms with van der Waals surface area (Å²) in [6, 6.07) is 3.38. The van der Waals surface area contributed by atoms with E-state index in [-0.39, 0.29) is 23.5 Å². The lowest BCUT2D eigenvalue weighted by Gasteiger charge is -2.02. The number of aromatic hydroxyl groups is 1. The molecule has 6 heteroatoms. The highest BCUT2D eigenvalue weighted by Gasteiger charge is 2.19. The van der Waals surface area contributed by atoms with Crippen molar-refractivity contribution in [1.82, 2.24) is 5.32 Å². The molecular formula is C9H10N2O4. The number of phenols is 1. The summed E-state index contributed by atoms with van der Waals surface area (Å²) in [7, 11) is 1.56. The van der Waals surface area contributed by atoms with Gasteiger partial charge in [-0.1, -0.05) is 0 Å². The minimum absolute atomic E-state index is 0.00963. The molecule has 0 saturated heterocycles. The average molecular weight is 210 g/mol. The van der Waals surface area contributed by atoms with E-state index in [0.29, 0.717) is 0 Å². The molecule has 0 atom stereocenters. The molecule has 15 heavy (non-hydrogen) atoms. The largest absolute Gasteiger partial charge is 0.508 e. The molecule has 80 valence electrons. The third kappa shape index (κ3) is 2.50. The molecule has 2 N–H and O–H groups in total. The van der Waals surface area contributed by atoms with Gasteiger partial charge in [-0.15, -0.1) is 0 Å². The van der Waals surface area contributed by atoms with E-state index >= 15 is 0 Å². The van der Waals surface area contributed by atoms with Crippen LogP contribution in [0.5, 0.6) is 5.75 Å². The second-order valence-electron chi connectivity index (χ2n) is 2.91. The number of benzene rings is 1. The minimum atomic E-state index is -0.650. The Labute approximate surface area is 85.7 Å². The topological polar surface area (TPSA) is 92.5 Å². The molecule has 0 aliphatic carbocycles. The molecular weight excluding hydrogens is 200 g/mol. The summed E-state index contributed by atoms with van der Waals surface area (Å²) < 4.78 is 0. The van der Waals surface area contributed by atoms with Crippen LogP contribution in [-0.2, 0) is 0 Å². The van der Waals surface area contributed by atoms with Gasteiger partial charge in [-0.2, -0.15) is 0 Å². The highest BCUT2D eigenvalue weighted by Crippen LogP contribution is 2.23. The van der Waals surface area contributed by atoms with E-state index in [1.165, 1.54) is 6.07 Å². The summed E-state index contributed by atoms with van der Waals surface area (Å²) in [6.45, 7) is -0.00963. The first-order valence-corrected chi connectivity index (χ1v) is 4.21. The van der Waals surface area contributed by atoms with Crippen molar-refractivity contribution in [3.05, 3.63) is 33.9 Å². The smallest absolute Gasteiger partial charge is 0.280 e. The van der Waals surface area contributed by atoms with E-state index in [0.717, 1.165) is 12.1 Å². The monoisotopic (exact) mass is 210 g/mol.